The normalized spacial score (nSPS) is 11.7. The third-order valence-corrected chi connectivity index (χ3v) is 3.75. The van der Waals surface area contributed by atoms with Gasteiger partial charge >= 0.3 is 12.6 Å². The van der Waals surface area contributed by atoms with Gasteiger partial charge in [-0.05, 0) is 30.5 Å². The van der Waals surface area contributed by atoms with Gasteiger partial charge < -0.3 is 15.2 Å². The first kappa shape index (κ1) is 17.4. The van der Waals surface area contributed by atoms with Gasteiger partial charge in [0, 0.05) is 13.1 Å². The average Bonchev–Trinajstić information content (AvgIpc) is 2.45. The van der Waals surface area contributed by atoms with Gasteiger partial charge in [-0.15, -0.1) is 0 Å². The highest BCUT2D eigenvalue weighted by molar-refractivity contribution is 5.74. The Morgan fingerprint density at radius 1 is 1.29 bits per heavy atom. The van der Waals surface area contributed by atoms with E-state index in [1.165, 1.54) is 12.1 Å². The number of benzene rings is 1. The molecular weight excluding hydrogens is 280 g/mol. The van der Waals surface area contributed by atoms with Crippen molar-refractivity contribution in [1.29, 1.82) is 0 Å². The maximum absolute atomic E-state index is 12.0. The molecule has 2 N–H and O–H groups in total. The fourth-order valence-electron chi connectivity index (χ4n) is 2.11. The van der Waals surface area contributed by atoms with E-state index in [1.807, 2.05) is 13.8 Å². The highest BCUT2D eigenvalue weighted by atomic mass is 19.3. The van der Waals surface area contributed by atoms with Gasteiger partial charge in [0.2, 0.25) is 0 Å². The topological polar surface area (TPSA) is 58.6 Å². The van der Waals surface area contributed by atoms with Crippen molar-refractivity contribution in [2.24, 2.45) is 5.41 Å². The number of ether oxygens (including phenoxy) is 1. The minimum absolute atomic E-state index is 0.107. The highest BCUT2D eigenvalue weighted by Crippen LogP contribution is 2.25. The van der Waals surface area contributed by atoms with Crippen LogP contribution in [0.3, 0.4) is 0 Å². The van der Waals surface area contributed by atoms with Gasteiger partial charge in [0.15, 0.2) is 0 Å². The monoisotopic (exact) mass is 301 g/mol. The first-order valence-corrected chi connectivity index (χ1v) is 6.91. The van der Waals surface area contributed by atoms with Crippen molar-refractivity contribution >= 4 is 5.97 Å². The second kappa shape index (κ2) is 7.93. The number of carbonyl (C=O) groups is 1. The van der Waals surface area contributed by atoms with Crippen molar-refractivity contribution < 1.29 is 23.4 Å². The molecule has 0 amide bonds. The maximum atomic E-state index is 12.0. The van der Waals surface area contributed by atoms with Crippen LogP contribution in [-0.4, -0.2) is 24.2 Å². The molecule has 6 heteroatoms. The lowest BCUT2D eigenvalue weighted by molar-refractivity contribution is -0.149. The number of carboxylic acid groups (broad SMARTS) is 1. The fraction of sp³-hybridized carbons (Fsp3) is 0.533. The van der Waals surface area contributed by atoms with Gasteiger partial charge in [-0.3, -0.25) is 4.79 Å². The Balaban J connectivity index is 2.53. The van der Waals surface area contributed by atoms with Crippen LogP contribution in [-0.2, 0) is 11.3 Å². The van der Waals surface area contributed by atoms with Crippen LogP contribution in [0.25, 0.3) is 0 Å². The second-order valence-corrected chi connectivity index (χ2v) is 4.92. The van der Waals surface area contributed by atoms with Gasteiger partial charge in [0.05, 0.1) is 5.41 Å². The summed E-state index contributed by atoms with van der Waals surface area (Å²) in [7, 11) is 0. The van der Waals surface area contributed by atoms with Crippen molar-refractivity contribution in [3.63, 3.8) is 0 Å². The summed E-state index contributed by atoms with van der Waals surface area (Å²) in [5.41, 5.74) is 0.113. The van der Waals surface area contributed by atoms with Crippen molar-refractivity contribution in [3.05, 3.63) is 29.8 Å². The van der Waals surface area contributed by atoms with Crippen LogP contribution in [0.15, 0.2) is 24.3 Å². The first-order chi connectivity index (χ1) is 9.93. The molecule has 0 aliphatic carbocycles. The number of nitrogens with one attached hydrogen (secondary N) is 1. The van der Waals surface area contributed by atoms with Gasteiger partial charge in [0.1, 0.15) is 5.75 Å². The molecule has 0 spiro atoms. The molecule has 0 fully saturated rings. The van der Waals surface area contributed by atoms with E-state index in [9.17, 15) is 18.7 Å². The number of halogens is 2. The van der Waals surface area contributed by atoms with Crippen LogP contribution in [0.2, 0.25) is 0 Å². The minimum atomic E-state index is -2.83. The largest absolute Gasteiger partial charge is 0.481 e. The maximum Gasteiger partial charge on any atom is 0.387 e. The second-order valence-electron chi connectivity index (χ2n) is 4.92. The summed E-state index contributed by atoms with van der Waals surface area (Å²) < 4.78 is 28.3. The Morgan fingerprint density at radius 2 is 1.86 bits per heavy atom. The van der Waals surface area contributed by atoms with Crippen molar-refractivity contribution in [3.8, 4) is 5.75 Å². The molecule has 0 aliphatic heterocycles. The summed E-state index contributed by atoms with van der Waals surface area (Å²) in [6, 6.07) is 6.27. The lowest BCUT2D eigenvalue weighted by Gasteiger charge is -2.27. The van der Waals surface area contributed by atoms with E-state index >= 15 is 0 Å². The fourth-order valence-corrected chi connectivity index (χ4v) is 2.11. The van der Waals surface area contributed by atoms with Crippen LogP contribution in [0.1, 0.15) is 32.3 Å². The Morgan fingerprint density at radius 3 is 2.29 bits per heavy atom. The summed E-state index contributed by atoms with van der Waals surface area (Å²) in [5.74, 6) is -0.698. The number of aliphatic carboxylic acids is 1. The van der Waals surface area contributed by atoms with Gasteiger partial charge in [-0.2, -0.15) is 8.78 Å². The molecule has 0 radical (unpaired) electrons. The molecule has 1 aromatic carbocycles. The van der Waals surface area contributed by atoms with E-state index in [2.05, 4.69) is 10.1 Å². The molecule has 0 atom stereocenters. The minimum Gasteiger partial charge on any atom is -0.481 e. The van der Waals surface area contributed by atoms with Crippen molar-refractivity contribution in [1.82, 2.24) is 5.32 Å². The van der Waals surface area contributed by atoms with E-state index < -0.39 is 18.0 Å². The number of hydrogen-bond acceptors (Lipinski definition) is 3. The summed E-state index contributed by atoms with van der Waals surface area (Å²) in [5, 5.41) is 12.4. The molecule has 0 aromatic heterocycles. The quantitative estimate of drug-likeness (QED) is 0.735. The Bertz CT molecular complexity index is 445. The third kappa shape index (κ3) is 4.97. The van der Waals surface area contributed by atoms with Crippen LogP contribution in [0.4, 0.5) is 8.78 Å². The summed E-state index contributed by atoms with van der Waals surface area (Å²) in [4.78, 5) is 11.3. The van der Waals surface area contributed by atoms with Crippen LogP contribution in [0, 0.1) is 5.41 Å². The number of rotatable bonds is 9. The molecule has 0 saturated heterocycles. The molecule has 0 bridgehead atoms. The summed E-state index contributed by atoms with van der Waals surface area (Å²) in [6.07, 6.45) is 1.10. The highest BCUT2D eigenvalue weighted by Gasteiger charge is 2.34. The van der Waals surface area contributed by atoms with Gasteiger partial charge in [0.25, 0.3) is 0 Å². The predicted octanol–water partition coefficient (Wildman–Crippen LogP) is 3.27. The van der Waals surface area contributed by atoms with Gasteiger partial charge in [-0.25, -0.2) is 0 Å². The molecule has 1 aromatic rings. The molecule has 21 heavy (non-hydrogen) atoms. The average molecular weight is 301 g/mol. The molecular formula is C15H21F2NO3. The van der Waals surface area contributed by atoms with Crippen LogP contribution in [0.5, 0.6) is 5.75 Å². The molecule has 0 saturated carbocycles. The van der Waals surface area contributed by atoms with E-state index in [0.717, 1.165) is 5.56 Å². The summed E-state index contributed by atoms with van der Waals surface area (Å²) in [6.45, 7) is 1.72. The van der Waals surface area contributed by atoms with E-state index in [4.69, 9.17) is 0 Å². The zero-order valence-corrected chi connectivity index (χ0v) is 12.2. The van der Waals surface area contributed by atoms with Crippen LogP contribution < -0.4 is 10.1 Å². The Kier molecular flexibility index (Phi) is 6.55. The lowest BCUT2D eigenvalue weighted by atomic mass is 9.82. The van der Waals surface area contributed by atoms with E-state index in [-0.39, 0.29) is 5.75 Å². The summed E-state index contributed by atoms with van der Waals surface area (Å²) >= 11 is 0. The smallest absolute Gasteiger partial charge is 0.387 e. The molecule has 118 valence electrons. The lowest BCUT2D eigenvalue weighted by Crippen LogP contribution is -2.39. The molecule has 1 rings (SSSR count). The van der Waals surface area contributed by atoms with E-state index in [1.54, 1.807) is 12.1 Å². The van der Waals surface area contributed by atoms with E-state index in [0.29, 0.717) is 25.9 Å². The first-order valence-electron chi connectivity index (χ1n) is 6.91. The third-order valence-electron chi connectivity index (χ3n) is 3.75. The molecule has 4 nitrogen and oxygen atoms in total. The SMILES string of the molecule is CCC(CC)(CNCc1ccc(OC(F)F)cc1)C(=O)O. The van der Waals surface area contributed by atoms with Gasteiger partial charge in [-0.1, -0.05) is 26.0 Å². The Hall–Kier alpha value is -1.69. The zero-order valence-electron chi connectivity index (χ0n) is 12.2. The van der Waals surface area contributed by atoms with Crippen molar-refractivity contribution in [2.45, 2.75) is 39.8 Å². The number of alkyl halides is 2. The molecule has 0 unspecified atom stereocenters. The molecule has 0 aliphatic rings. The Labute approximate surface area is 123 Å². The predicted molar refractivity (Wildman–Crippen MR) is 75.4 cm³/mol. The number of hydrogen-bond donors (Lipinski definition) is 2. The number of carboxylic acids is 1. The van der Waals surface area contributed by atoms with Crippen LogP contribution >= 0.6 is 0 Å². The van der Waals surface area contributed by atoms with Crippen molar-refractivity contribution in [2.75, 3.05) is 6.54 Å². The zero-order chi connectivity index (χ0) is 15.9. The standard InChI is InChI=1S/C15H21F2NO3/c1-3-15(4-2,13(19)20)10-18-9-11-5-7-12(8-6-11)21-14(16)17/h5-8,14,18H,3-4,9-10H2,1-2H3,(H,19,20). The molecule has 0 heterocycles.